The third kappa shape index (κ3) is 2.27. The first-order valence-corrected chi connectivity index (χ1v) is 9.05. The van der Waals surface area contributed by atoms with Crippen molar-refractivity contribution in [3.63, 3.8) is 0 Å². The molecule has 8 heteroatoms. The molecule has 1 atom stereocenters. The Morgan fingerprint density at radius 3 is 2.68 bits per heavy atom. The second-order valence-corrected chi connectivity index (χ2v) is 6.87. The number of imide groups is 1. The molecule has 5 rings (SSSR count). The number of hydrogen-bond donors (Lipinski definition) is 1. The van der Waals surface area contributed by atoms with Gasteiger partial charge in [-0.2, -0.15) is 0 Å². The first-order chi connectivity index (χ1) is 13.6. The highest BCUT2D eigenvalue weighted by Crippen LogP contribution is 2.40. The summed E-state index contributed by atoms with van der Waals surface area (Å²) in [5, 5.41) is 2.85. The van der Waals surface area contributed by atoms with Gasteiger partial charge in [-0.3, -0.25) is 14.3 Å². The van der Waals surface area contributed by atoms with Crippen molar-refractivity contribution in [2.45, 2.75) is 18.5 Å². The Labute approximate surface area is 159 Å². The fourth-order valence-corrected chi connectivity index (χ4v) is 4.00. The van der Waals surface area contributed by atoms with Gasteiger partial charge in [0.2, 0.25) is 0 Å². The van der Waals surface area contributed by atoms with Gasteiger partial charge in [0.05, 0.1) is 12.1 Å². The number of carbonyl (C=O) groups excluding carboxylic acids is 2. The number of benzene rings is 2. The lowest BCUT2D eigenvalue weighted by Crippen LogP contribution is -2.47. The van der Waals surface area contributed by atoms with Gasteiger partial charge >= 0.3 is 11.8 Å². The smallest absolute Gasteiger partial charge is 0.420 e. The number of rotatable bonds is 3. The molecule has 28 heavy (non-hydrogen) atoms. The van der Waals surface area contributed by atoms with Crippen molar-refractivity contribution in [1.82, 2.24) is 14.8 Å². The van der Waals surface area contributed by atoms with E-state index in [1.54, 1.807) is 36.4 Å². The van der Waals surface area contributed by atoms with Crippen molar-refractivity contribution in [1.29, 1.82) is 0 Å². The monoisotopic (exact) mass is 379 g/mol. The fourth-order valence-electron chi connectivity index (χ4n) is 4.00. The summed E-state index contributed by atoms with van der Waals surface area (Å²) in [5.74, 6) is -0.241. The van der Waals surface area contributed by atoms with Crippen LogP contribution in [0.4, 0.5) is 4.79 Å². The van der Waals surface area contributed by atoms with E-state index in [-0.39, 0.29) is 19.0 Å². The van der Waals surface area contributed by atoms with Gasteiger partial charge in [0.15, 0.2) is 11.1 Å². The molecule has 2 aliphatic rings. The van der Waals surface area contributed by atoms with Crippen LogP contribution in [0.15, 0.2) is 57.7 Å². The van der Waals surface area contributed by atoms with E-state index in [4.69, 9.17) is 9.15 Å². The minimum Gasteiger partial charge on any atom is -0.493 e. The summed E-state index contributed by atoms with van der Waals surface area (Å²) >= 11 is 0. The van der Waals surface area contributed by atoms with Gasteiger partial charge in [-0.05, 0) is 18.2 Å². The topological polar surface area (TPSA) is 93.8 Å². The van der Waals surface area contributed by atoms with Crippen LogP contribution in [0, 0.1) is 0 Å². The Morgan fingerprint density at radius 1 is 1.00 bits per heavy atom. The fraction of sp³-hybridized carbons (Fsp3) is 0.250. The van der Waals surface area contributed by atoms with Crippen LogP contribution in [0.5, 0.6) is 5.75 Å². The average Bonchev–Trinajstić information content (AvgIpc) is 3.14. The van der Waals surface area contributed by atoms with Crippen LogP contribution in [-0.2, 0) is 16.9 Å². The molecule has 0 saturated carbocycles. The zero-order valence-corrected chi connectivity index (χ0v) is 14.9. The third-order valence-corrected chi connectivity index (χ3v) is 5.38. The van der Waals surface area contributed by atoms with Gasteiger partial charge < -0.3 is 14.5 Å². The SMILES string of the molecule is O=C1NC2(CCOc3ccccc32)C(=O)N1CCn1c(=O)oc2ccccc21. The number of ether oxygens (including phenoxy) is 1. The number of nitrogens with zero attached hydrogens (tertiary/aromatic N) is 2. The summed E-state index contributed by atoms with van der Waals surface area (Å²) in [6, 6.07) is 13.8. The predicted molar refractivity (Wildman–Crippen MR) is 99.0 cm³/mol. The molecule has 1 aromatic heterocycles. The molecule has 3 heterocycles. The molecule has 8 nitrogen and oxygen atoms in total. The summed E-state index contributed by atoms with van der Waals surface area (Å²) in [5.41, 5.74) is 0.647. The highest BCUT2D eigenvalue weighted by Gasteiger charge is 2.54. The molecule has 1 N–H and O–H groups in total. The molecular formula is C20H17N3O5. The van der Waals surface area contributed by atoms with Gasteiger partial charge in [-0.25, -0.2) is 9.59 Å². The Hall–Kier alpha value is -3.55. The number of hydrogen-bond acceptors (Lipinski definition) is 5. The van der Waals surface area contributed by atoms with Gasteiger partial charge in [0.1, 0.15) is 5.75 Å². The van der Waals surface area contributed by atoms with Gasteiger partial charge in [-0.15, -0.1) is 0 Å². The molecule has 1 unspecified atom stereocenters. The van der Waals surface area contributed by atoms with E-state index in [2.05, 4.69) is 5.32 Å². The quantitative estimate of drug-likeness (QED) is 0.701. The second-order valence-electron chi connectivity index (χ2n) is 6.87. The molecule has 3 amide bonds. The average molecular weight is 379 g/mol. The maximum Gasteiger partial charge on any atom is 0.420 e. The summed E-state index contributed by atoms with van der Waals surface area (Å²) < 4.78 is 12.3. The summed E-state index contributed by atoms with van der Waals surface area (Å²) in [4.78, 5) is 39.2. The first-order valence-electron chi connectivity index (χ1n) is 9.05. The second kappa shape index (κ2) is 5.98. The number of amides is 3. The number of fused-ring (bicyclic) bond motifs is 3. The van der Waals surface area contributed by atoms with E-state index >= 15 is 0 Å². The summed E-state index contributed by atoms with van der Waals surface area (Å²) in [6.07, 6.45) is 0.361. The van der Waals surface area contributed by atoms with E-state index in [0.717, 1.165) is 4.90 Å². The van der Waals surface area contributed by atoms with Crippen molar-refractivity contribution >= 4 is 23.0 Å². The largest absolute Gasteiger partial charge is 0.493 e. The van der Waals surface area contributed by atoms with E-state index in [1.165, 1.54) is 4.57 Å². The van der Waals surface area contributed by atoms with Crippen molar-refractivity contribution < 1.29 is 18.7 Å². The molecule has 2 aromatic carbocycles. The molecule has 1 spiro atoms. The Bertz CT molecular complexity index is 1160. The zero-order valence-electron chi connectivity index (χ0n) is 14.9. The van der Waals surface area contributed by atoms with Gasteiger partial charge in [0, 0.05) is 25.1 Å². The van der Waals surface area contributed by atoms with Crippen LogP contribution < -0.4 is 15.8 Å². The summed E-state index contributed by atoms with van der Waals surface area (Å²) in [6.45, 7) is 0.560. The lowest BCUT2D eigenvalue weighted by atomic mass is 9.84. The lowest BCUT2D eigenvalue weighted by molar-refractivity contribution is -0.132. The van der Waals surface area contributed by atoms with E-state index in [1.807, 2.05) is 12.1 Å². The van der Waals surface area contributed by atoms with Crippen LogP contribution in [-0.4, -0.2) is 34.6 Å². The molecule has 142 valence electrons. The van der Waals surface area contributed by atoms with E-state index < -0.39 is 17.3 Å². The molecule has 1 fully saturated rings. The minimum absolute atomic E-state index is 0.0683. The molecular weight excluding hydrogens is 362 g/mol. The Kier molecular flexibility index (Phi) is 3.55. The zero-order chi connectivity index (χ0) is 19.3. The van der Waals surface area contributed by atoms with Gasteiger partial charge in [-0.1, -0.05) is 30.3 Å². The van der Waals surface area contributed by atoms with Crippen LogP contribution >= 0.6 is 0 Å². The van der Waals surface area contributed by atoms with Crippen molar-refractivity contribution in [2.24, 2.45) is 0 Å². The van der Waals surface area contributed by atoms with Crippen LogP contribution in [0.25, 0.3) is 11.1 Å². The van der Waals surface area contributed by atoms with Crippen LogP contribution in [0.3, 0.4) is 0 Å². The third-order valence-electron chi connectivity index (χ3n) is 5.38. The normalized spacial score (nSPS) is 21.1. The summed E-state index contributed by atoms with van der Waals surface area (Å²) in [7, 11) is 0. The van der Waals surface area contributed by atoms with Crippen molar-refractivity contribution in [3.8, 4) is 5.75 Å². The molecule has 0 aliphatic carbocycles. The number of oxazole rings is 1. The van der Waals surface area contributed by atoms with Crippen molar-refractivity contribution in [3.05, 3.63) is 64.6 Å². The Morgan fingerprint density at radius 2 is 1.79 bits per heavy atom. The van der Waals surface area contributed by atoms with Crippen LogP contribution in [0.2, 0.25) is 0 Å². The number of nitrogens with one attached hydrogen (secondary N) is 1. The number of urea groups is 1. The number of carbonyl (C=O) groups is 2. The predicted octanol–water partition coefficient (Wildman–Crippen LogP) is 1.82. The number of para-hydroxylation sites is 3. The van der Waals surface area contributed by atoms with E-state index in [0.29, 0.717) is 35.4 Å². The highest BCUT2D eigenvalue weighted by molar-refractivity contribution is 6.08. The maximum absolute atomic E-state index is 13.2. The molecule has 1 saturated heterocycles. The standard InChI is InChI=1S/C20H17N3O5/c24-17-20(9-12-27-15-7-3-1-5-13(15)20)21-18(25)23(17)11-10-22-14-6-2-4-8-16(14)28-19(22)26/h1-8H,9-12H2,(H,21,25). The molecule has 2 aliphatic heterocycles. The first kappa shape index (κ1) is 16.6. The number of aromatic nitrogens is 1. The van der Waals surface area contributed by atoms with Crippen molar-refractivity contribution in [2.75, 3.05) is 13.2 Å². The molecule has 3 aromatic rings. The maximum atomic E-state index is 13.2. The van der Waals surface area contributed by atoms with Crippen LogP contribution in [0.1, 0.15) is 12.0 Å². The molecule has 0 bridgehead atoms. The lowest BCUT2D eigenvalue weighted by Gasteiger charge is -2.33. The van der Waals surface area contributed by atoms with Gasteiger partial charge in [0.25, 0.3) is 5.91 Å². The molecule has 0 radical (unpaired) electrons. The Balaban J connectivity index is 1.45. The minimum atomic E-state index is -1.12. The highest BCUT2D eigenvalue weighted by atomic mass is 16.5. The van der Waals surface area contributed by atoms with E-state index in [9.17, 15) is 14.4 Å².